The van der Waals surface area contributed by atoms with Crippen LogP contribution in [0.5, 0.6) is 0 Å². The summed E-state index contributed by atoms with van der Waals surface area (Å²) in [5.74, 6) is 0.976. The topological polar surface area (TPSA) is 48.7 Å². The number of para-hydroxylation sites is 1. The molecule has 0 radical (unpaired) electrons. The fourth-order valence-corrected chi connectivity index (χ4v) is 3.28. The van der Waals surface area contributed by atoms with Crippen LogP contribution in [-0.2, 0) is 4.79 Å². The van der Waals surface area contributed by atoms with Gasteiger partial charge in [0.1, 0.15) is 5.76 Å². The summed E-state index contributed by atoms with van der Waals surface area (Å²) >= 11 is 0. The lowest BCUT2D eigenvalue weighted by molar-refractivity contribution is -0.128. The van der Waals surface area contributed by atoms with Gasteiger partial charge in [0.15, 0.2) is 0 Å². The molecular weight excluding hydrogens is 326 g/mol. The minimum atomic E-state index is -0.389. The molecule has 2 aromatic rings. The maximum atomic E-state index is 12.3. The second-order valence-electron chi connectivity index (χ2n) is 7.85. The summed E-state index contributed by atoms with van der Waals surface area (Å²) in [5, 5.41) is 3.10. The van der Waals surface area contributed by atoms with Gasteiger partial charge >= 0.3 is 0 Å². The minimum absolute atomic E-state index is 0.0641. The van der Waals surface area contributed by atoms with E-state index in [1.165, 1.54) is 5.69 Å². The van der Waals surface area contributed by atoms with E-state index in [2.05, 4.69) is 39.4 Å². The smallest absolute Gasteiger partial charge is 0.225 e. The van der Waals surface area contributed by atoms with E-state index < -0.39 is 0 Å². The molecule has 5 nitrogen and oxygen atoms in total. The average molecular weight is 355 g/mol. The third-order valence-electron chi connectivity index (χ3n) is 4.89. The zero-order valence-electron chi connectivity index (χ0n) is 15.9. The fraction of sp³-hybridized carbons (Fsp3) is 0.476. The first-order valence-electron chi connectivity index (χ1n) is 9.31. The normalized spacial score (nSPS) is 17.1. The first kappa shape index (κ1) is 18.5. The number of carbonyl (C=O) groups excluding carboxylic acids is 1. The predicted octanol–water partition coefficient (Wildman–Crippen LogP) is 3.31. The van der Waals surface area contributed by atoms with E-state index in [0.717, 1.165) is 31.9 Å². The highest BCUT2D eigenvalue weighted by atomic mass is 16.3. The van der Waals surface area contributed by atoms with Gasteiger partial charge in [-0.05, 0) is 24.3 Å². The van der Waals surface area contributed by atoms with Gasteiger partial charge in [-0.2, -0.15) is 0 Å². The number of carbonyl (C=O) groups is 1. The number of hydrogen-bond acceptors (Lipinski definition) is 4. The van der Waals surface area contributed by atoms with E-state index >= 15 is 0 Å². The molecule has 2 heterocycles. The van der Waals surface area contributed by atoms with Gasteiger partial charge in [-0.1, -0.05) is 39.0 Å². The van der Waals surface area contributed by atoms with E-state index in [1.807, 2.05) is 39.0 Å². The number of benzene rings is 1. The molecule has 0 spiro atoms. The highest BCUT2D eigenvalue weighted by molar-refractivity contribution is 5.81. The molecule has 1 saturated heterocycles. The van der Waals surface area contributed by atoms with Crippen molar-refractivity contribution in [2.45, 2.75) is 26.8 Å². The molecule has 1 aliphatic rings. The molecule has 26 heavy (non-hydrogen) atoms. The van der Waals surface area contributed by atoms with Gasteiger partial charge in [-0.3, -0.25) is 9.69 Å². The largest absolute Gasteiger partial charge is 0.468 e. The monoisotopic (exact) mass is 355 g/mol. The van der Waals surface area contributed by atoms with Crippen LogP contribution in [0, 0.1) is 5.41 Å². The van der Waals surface area contributed by atoms with E-state index in [1.54, 1.807) is 6.26 Å². The van der Waals surface area contributed by atoms with Gasteiger partial charge in [0, 0.05) is 43.8 Å². The molecule has 5 heteroatoms. The SMILES string of the molecule is CC(C)(C)C(=O)NCC(c1ccco1)N1CCN(c2ccccc2)CC1. The van der Waals surface area contributed by atoms with Crippen molar-refractivity contribution in [3.8, 4) is 0 Å². The van der Waals surface area contributed by atoms with Gasteiger partial charge in [0.05, 0.1) is 12.3 Å². The Balaban J connectivity index is 1.64. The lowest BCUT2D eigenvalue weighted by Gasteiger charge is -2.39. The number of hydrogen-bond donors (Lipinski definition) is 1. The van der Waals surface area contributed by atoms with Crippen LogP contribution in [0.4, 0.5) is 5.69 Å². The van der Waals surface area contributed by atoms with Crippen LogP contribution in [0.25, 0.3) is 0 Å². The Bertz CT molecular complexity index is 684. The molecule has 1 aliphatic heterocycles. The molecule has 1 aromatic carbocycles. The second-order valence-corrected chi connectivity index (χ2v) is 7.85. The zero-order valence-corrected chi connectivity index (χ0v) is 15.9. The highest BCUT2D eigenvalue weighted by Crippen LogP contribution is 2.25. The lowest BCUT2D eigenvalue weighted by Crippen LogP contribution is -2.50. The molecular formula is C21H29N3O2. The Morgan fingerprint density at radius 1 is 1.08 bits per heavy atom. The first-order valence-corrected chi connectivity index (χ1v) is 9.31. The van der Waals surface area contributed by atoms with Crippen molar-refractivity contribution in [2.75, 3.05) is 37.6 Å². The van der Waals surface area contributed by atoms with E-state index in [0.29, 0.717) is 6.54 Å². The van der Waals surface area contributed by atoms with Crippen LogP contribution in [0.15, 0.2) is 53.1 Å². The van der Waals surface area contributed by atoms with Crippen molar-refractivity contribution in [1.82, 2.24) is 10.2 Å². The van der Waals surface area contributed by atoms with Crippen molar-refractivity contribution < 1.29 is 9.21 Å². The van der Waals surface area contributed by atoms with Gasteiger partial charge in [-0.15, -0.1) is 0 Å². The maximum Gasteiger partial charge on any atom is 0.225 e. The number of anilines is 1. The van der Waals surface area contributed by atoms with Crippen LogP contribution in [0.1, 0.15) is 32.6 Å². The number of piperazine rings is 1. The first-order chi connectivity index (χ1) is 12.4. The molecule has 1 N–H and O–H groups in total. The van der Waals surface area contributed by atoms with E-state index in [9.17, 15) is 4.79 Å². The average Bonchev–Trinajstić information content (AvgIpc) is 3.16. The summed E-state index contributed by atoms with van der Waals surface area (Å²) < 4.78 is 5.67. The second kappa shape index (κ2) is 7.96. The van der Waals surface area contributed by atoms with Crippen molar-refractivity contribution in [3.63, 3.8) is 0 Å². The molecule has 1 unspecified atom stereocenters. The Hall–Kier alpha value is -2.27. The summed E-state index contributed by atoms with van der Waals surface area (Å²) in [6.07, 6.45) is 1.70. The number of rotatable bonds is 5. The molecule has 140 valence electrons. The maximum absolute atomic E-state index is 12.3. The number of furan rings is 1. The standard InChI is InChI=1S/C21H29N3O2/c1-21(2,3)20(25)22-16-18(19-10-7-15-26-19)24-13-11-23(12-14-24)17-8-5-4-6-9-17/h4-10,15,18H,11-14,16H2,1-3H3,(H,22,25). The van der Waals surface area contributed by atoms with Gasteiger partial charge in [0.2, 0.25) is 5.91 Å². The van der Waals surface area contributed by atoms with Gasteiger partial charge in [0.25, 0.3) is 0 Å². The van der Waals surface area contributed by atoms with Crippen LogP contribution < -0.4 is 10.2 Å². The van der Waals surface area contributed by atoms with Gasteiger partial charge in [-0.25, -0.2) is 0 Å². The molecule has 3 rings (SSSR count). The summed E-state index contributed by atoms with van der Waals surface area (Å²) in [7, 11) is 0. The Morgan fingerprint density at radius 3 is 2.35 bits per heavy atom. The number of nitrogens with zero attached hydrogens (tertiary/aromatic N) is 2. The highest BCUT2D eigenvalue weighted by Gasteiger charge is 2.29. The summed E-state index contributed by atoms with van der Waals surface area (Å²) in [6.45, 7) is 10.2. The summed E-state index contributed by atoms with van der Waals surface area (Å²) in [5.41, 5.74) is 0.877. The fourth-order valence-electron chi connectivity index (χ4n) is 3.28. The van der Waals surface area contributed by atoms with Crippen molar-refractivity contribution in [1.29, 1.82) is 0 Å². The van der Waals surface area contributed by atoms with Crippen LogP contribution in [0.2, 0.25) is 0 Å². The van der Waals surface area contributed by atoms with Crippen LogP contribution in [-0.4, -0.2) is 43.5 Å². The molecule has 1 amide bonds. The van der Waals surface area contributed by atoms with Crippen LogP contribution >= 0.6 is 0 Å². The zero-order chi connectivity index (χ0) is 18.6. The number of amides is 1. The summed E-state index contributed by atoms with van der Waals surface area (Å²) in [6, 6.07) is 14.5. The van der Waals surface area contributed by atoms with Crippen molar-refractivity contribution in [3.05, 3.63) is 54.5 Å². The summed E-state index contributed by atoms with van der Waals surface area (Å²) in [4.78, 5) is 17.1. The van der Waals surface area contributed by atoms with E-state index in [-0.39, 0.29) is 17.4 Å². The quantitative estimate of drug-likeness (QED) is 0.894. The molecule has 1 fully saturated rings. The molecule has 0 saturated carbocycles. The predicted molar refractivity (Wildman–Crippen MR) is 104 cm³/mol. The third-order valence-corrected chi connectivity index (χ3v) is 4.89. The number of nitrogens with one attached hydrogen (secondary N) is 1. The van der Waals surface area contributed by atoms with Crippen molar-refractivity contribution in [2.24, 2.45) is 5.41 Å². The lowest BCUT2D eigenvalue weighted by atomic mass is 9.95. The van der Waals surface area contributed by atoms with E-state index in [4.69, 9.17) is 4.42 Å². The Labute approximate surface area is 156 Å². The van der Waals surface area contributed by atoms with Crippen molar-refractivity contribution >= 4 is 11.6 Å². The minimum Gasteiger partial charge on any atom is -0.468 e. The Morgan fingerprint density at radius 2 is 1.77 bits per heavy atom. The molecule has 1 atom stereocenters. The third kappa shape index (κ3) is 4.47. The molecule has 0 aliphatic carbocycles. The molecule has 0 bridgehead atoms. The Kier molecular flexibility index (Phi) is 5.67. The van der Waals surface area contributed by atoms with Gasteiger partial charge < -0.3 is 14.6 Å². The molecule has 1 aromatic heterocycles. The van der Waals surface area contributed by atoms with Crippen LogP contribution in [0.3, 0.4) is 0 Å².